The third-order valence-electron chi connectivity index (χ3n) is 11.1. The molecule has 0 spiro atoms. The van der Waals surface area contributed by atoms with E-state index in [2.05, 4.69) is 173 Å². The SMILES string of the molecule is Cc1cc(C(C)(C)C)cc(C(C)(C)C)c1N1[CH-]N(c2[c-]c(Oc3[c-]c4c(cc3)c3ccc5sc6ccccc6c5c3n4-c3ccccn3)ccc2)c2ccccc21.[Pt]. The molecule has 0 saturated carbocycles. The molecule has 292 valence electrons. The maximum absolute atomic E-state index is 6.65. The summed E-state index contributed by atoms with van der Waals surface area (Å²) in [4.78, 5) is 9.40. The monoisotopic (exact) mass is 954 g/mol. The van der Waals surface area contributed by atoms with Gasteiger partial charge < -0.3 is 19.1 Å². The largest absolute Gasteiger partial charge is 0.509 e. The second kappa shape index (κ2) is 14.1. The Balaban J connectivity index is 0.00000436. The van der Waals surface area contributed by atoms with Crippen molar-refractivity contribution in [3.63, 3.8) is 0 Å². The molecule has 0 radical (unpaired) electrons. The second-order valence-corrected chi connectivity index (χ2v) is 18.2. The zero-order chi connectivity index (χ0) is 39.2. The van der Waals surface area contributed by atoms with Crippen LogP contribution in [0.2, 0.25) is 0 Å². The first-order chi connectivity index (χ1) is 27.4. The fraction of sp³-hybridized carbons (Fsp3) is 0.176. The van der Waals surface area contributed by atoms with Gasteiger partial charge in [-0.1, -0.05) is 102 Å². The van der Waals surface area contributed by atoms with Crippen LogP contribution in [0.25, 0.3) is 47.8 Å². The van der Waals surface area contributed by atoms with Gasteiger partial charge in [-0.25, -0.2) is 4.98 Å². The minimum absolute atomic E-state index is 0. The van der Waals surface area contributed by atoms with Crippen LogP contribution in [0.5, 0.6) is 11.5 Å². The number of fused-ring (bicyclic) bond motifs is 8. The van der Waals surface area contributed by atoms with E-state index < -0.39 is 0 Å². The van der Waals surface area contributed by atoms with Gasteiger partial charge in [-0.3, -0.25) is 0 Å². The summed E-state index contributed by atoms with van der Waals surface area (Å²) in [6.07, 6.45) is 1.85. The minimum Gasteiger partial charge on any atom is -0.509 e. The number of benzene rings is 6. The number of aromatic nitrogens is 2. The molecule has 0 atom stereocenters. The van der Waals surface area contributed by atoms with Crippen LogP contribution < -0.4 is 14.5 Å². The third-order valence-corrected chi connectivity index (χ3v) is 12.2. The number of para-hydroxylation sites is 2. The van der Waals surface area contributed by atoms with Crippen molar-refractivity contribution in [3.05, 3.63) is 163 Å². The van der Waals surface area contributed by atoms with Crippen molar-refractivity contribution in [2.75, 3.05) is 9.80 Å². The van der Waals surface area contributed by atoms with E-state index in [0.717, 1.165) is 44.7 Å². The summed E-state index contributed by atoms with van der Waals surface area (Å²) < 4.78 is 11.4. The minimum atomic E-state index is -0.0686. The van der Waals surface area contributed by atoms with E-state index in [9.17, 15) is 0 Å². The van der Waals surface area contributed by atoms with Crippen LogP contribution in [0.15, 0.2) is 128 Å². The van der Waals surface area contributed by atoms with Crippen molar-refractivity contribution < 1.29 is 25.8 Å². The molecule has 58 heavy (non-hydrogen) atoms. The standard InChI is InChI=1S/C51H43N4OS.Pt/c1-32-27-33(50(2,3)4)28-40(51(5,6)7)48(32)54-31-53(41-18-9-10-19-42(41)54)34-15-14-16-35(29-34)56-36-22-23-37-38-24-25-45-47(39-17-8-11-20-44(39)57-45)49(38)55(43(37)30-36)46-21-12-13-26-52-46;/h8-28,31H,1-7H3;/q-3;. The van der Waals surface area contributed by atoms with Gasteiger partial charge in [0, 0.05) is 76.0 Å². The summed E-state index contributed by atoms with van der Waals surface area (Å²) in [6, 6.07) is 50.1. The number of anilines is 4. The topological polar surface area (TPSA) is 33.5 Å². The van der Waals surface area contributed by atoms with E-state index in [1.807, 2.05) is 47.9 Å². The zero-order valence-corrected chi connectivity index (χ0v) is 36.7. The van der Waals surface area contributed by atoms with Crippen LogP contribution >= 0.6 is 11.3 Å². The first-order valence-electron chi connectivity index (χ1n) is 19.5. The molecule has 1 aliphatic heterocycles. The smallest absolute Gasteiger partial charge is 0.135 e. The summed E-state index contributed by atoms with van der Waals surface area (Å²) >= 11 is 1.82. The van der Waals surface area contributed by atoms with Crippen LogP contribution in [0, 0.1) is 25.7 Å². The van der Waals surface area contributed by atoms with Crippen LogP contribution in [-0.4, -0.2) is 9.55 Å². The van der Waals surface area contributed by atoms with Crippen molar-refractivity contribution in [2.24, 2.45) is 0 Å². The molecule has 0 saturated heterocycles. The molecule has 3 aromatic heterocycles. The summed E-state index contributed by atoms with van der Waals surface area (Å²) in [5.41, 5.74) is 10.3. The molecule has 0 aliphatic carbocycles. The van der Waals surface area contributed by atoms with Gasteiger partial charge in [0.2, 0.25) is 0 Å². The summed E-state index contributed by atoms with van der Waals surface area (Å²) in [6.45, 7) is 18.2. The van der Waals surface area contributed by atoms with Crippen LogP contribution in [0.1, 0.15) is 58.2 Å². The number of pyridine rings is 1. The van der Waals surface area contributed by atoms with Crippen LogP contribution in [0.4, 0.5) is 22.7 Å². The van der Waals surface area contributed by atoms with Gasteiger partial charge in [0.25, 0.3) is 0 Å². The molecule has 1 aliphatic rings. The number of hydrogen-bond acceptors (Lipinski definition) is 5. The molecule has 0 bridgehead atoms. The molecule has 0 amide bonds. The molecule has 0 fully saturated rings. The van der Waals surface area contributed by atoms with Gasteiger partial charge in [0.15, 0.2) is 0 Å². The molecule has 5 nitrogen and oxygen atoms in total. The normalized spacial score (nSPS) is 13.2. The van der Waals surface area contributed by atoms with Gasteiger partial charge in [0.05, 0.1) is 5.52 Å². The average molecular weight is 955 g/mol. The number of rotatable bonds is 5. The molecule has 0 unspecified atom stereocenters. The van der Waals surface area contributed by atoms with E-state index >= 15 is 0 Å². The number of aryl methyl sites for hydroxylation is 1. The fourth-order valence-corrected chi connectivity index (χ4v) is 9.44. The maximum Gasteiger partial charge on any atom is 0.135 e. The Kier molecular flexibility index (Phi) is 9.30. The Morgan fingerprint density at radius 2 is 1.38 bits per heavy atom. The predicted octanol–water partition coefficient (Wildman–Crippen LogP) is 14.2. The molecule has 4 heterocycles. The number of ether oxygens (including phenoxy) is 1. The van der Waals surface area contributed by atoms with Crippen molar-refractivity contribution in [1.29, 1.82) is 0 Å². The number of hydrogen-bond donors (Lipinski definition) is 0. The predicted molar refractivity (Wildman–Crippen MR) is 239 cm³/mol. The average Bonchev–Trinajstić information content (AvgIpc) is 3.87. The van der Waals surface area contributed by atoms with Crippen molar-refractivity contribution in [2.45, 2.75) is 59.3 Å². The van der Waals surface area contributed by atoms with Gasteiger partial charge >= 0.3 is 0 Å². The van der Waals surface area contributed by atoms with E-state index in [1.54, 1.807) is 0 Å². The Morgan fingerprint density at radius 3 is 2.14 bits per heavy atom. The van der Waals surface area contributed by atoms with E-state index in [-0.39, 0.29) is 31.9 Å². The van der Waals surface area contributed by atoms with Crippen LogP contribution in [0.3, 0.4) is 0 Å². The summed E-state index contributed by atoms with van der Waals surface area (Å²) in [5.74, 6) is 2.06. The molecular formula is C51H43N4OPtS-3. The van der Waals surface area contributed by atoms with E-state index in [1.165, 1.54) is 42.6 Å². The first-order valence-corrected chi connectivity index (χ1v) is 20.4. The van der Waals surface area contributed by atoms with E-state index in [0.29, 0.717) is 11.5 Å². The molecule has 6 aromatic carbocycles. The molecule has 10 rings (SSSR count). The Hall–Kier alpha value is -5.42. The molecule has 7 heteroatoms. The quantitative estimate of drug-likeness (QED) is 0.161. The first kappa shape index (κ1) is 38.1. The van der Waals surface area contributed by atoms with Crippen molar-refractivity contribution >= 4 is 76.1 Å². The molecule has 0 N–H and O–H groups in total. The fourth-order valence-electron chi connectivity index (χ4n) is 8.33. The third kappa shape index (κ3) is 6.29. The van der Waals surface area contributed by atoms with Gasteiger partial charge in [-0.05, 0) is 76.2 Å². The molecule has 9 aromatic rings. The van der Waals surface area contributed by atoms with E-state index in [4.69, 9.17) is 9.72 Å². The zero-order valence-electron chi connectivity index (χ0n) is 33.6. The van der Waals surface area contributed by atoms with Gasteiger partial charge in [-0.2, -0.15) is 12.1 Å². The van der Waals surface area contributed by atoms with Gasteiger partial charge in [-0.15, -0.1) is 59.4 Å². The Labute approximate surface area is 358 Å². The Morgan fingerprint density at radius 1 is 0.655 bits per heavy atom. The number of thiophene rings is 1. The maximum atomic E-state index is 6.65. The van der Waals surface area contributed by atoms with Crippen molar-refractivity contribution in [3.8, 4) is 17.3 Å². The van der Waals surface area contributed by atoms with Crippen LogP contribution in [-0.2, 0) is 31.9 Å². The summed E-state index contributed by atoms with van der Waals surface area (Å²) in [5, 5.41) is 4.74. The van der Waals surface area contributed by atoms with Gasteiger partial charge in [0.1, 0.15) is 5.82 Å². The second-order valence-electron chi connectivity index (χ2n) is 17.1. The number of nitrogens with zero attached hydrogens (tertiary/aromatic N) is 4. The van der Waals surface area contributed by atoms with Crippen molar-refractivity contribution in [1.82, 2.24) is 9.55 Å². The molecular weight excluding hydrogens is 912 g/mol. The summed E-state index contributed by atoms with van der Waals surface area (Å²) in [7, 11) is 0. The Bertz CT molecular complexity index is 3020.